The van der Waals surface area contributed by atoms with Gasteiger partial charge in [0.1, 0.15) is 0 Å². The maximum Gasteiger partial charge on any atom is 0.188 e. The van der Waals surface area contributed by atoms with Crippen LogP contribution in [0.25, 0.3) is 0 Å². The molecule has 0 amide bonds. The molecule has 4 nitrogen and oxygen atoms in total. The van der Waals surface area contributed by atoms with E-state index in [-0.39, 0.29) is 6.79 Å². The van der Waals surface area contributed by atoms with Crippen molar-refractivity contribution in [2.75, 3.05) is 20.5 Å². The molecular formula is C11H17NO3. The van der Waals surface area contributed by atoms with Gasteiger partial charge in [-0.05, 0) is 24.6 Å². The smallest absolute Gasteiger partial charge is 0.188 e. The third-order valence-electron chi connectivity index (χ3n) is 1.88. The van der Waals surface area contributed by atoms with Gasteiger partial charge in [0.2, 0.25) is 0 Å². The minimum absolute atomic E-state index is 0.210. The maximum absolute atomic E-state index is 5.54. The molecule has 0 fully saturated rings. The minimum atomic E-state index is 0.210. The van der Waals surface area contributed by atoms with E-state index >= 15 is 0 Å². The Balaban J connectivity index is 2.82. The average molecular weight is 211 g/mol. The van der Waals surface area contributed by atoms with Crippen molar-refractivity contribution in [3.8, 4) is 11.5 Å². The van der Waals surface area contributed by atoms with E-state index < -0.39 is 0 Å². The molecule has 2 N–H and O–H groups in total. The van der Waals surface area contributed by atoms with Gasteiger partial charge in [-0.1, -0.05) is 6.07 Å². The summed E-state index contributed by atoms with van der Waals surface area (Å²) in [5.74, 6) is 1.38. The summed E-state index contributed by atoms with van der Waals surface area (Å²) in [4.78, 5) is 0. The highest BCUT2D eigenvalue weighted by atomic mass is 16.7. The number of benzene rings is 1. The lowest BCUT2D eigenvalue weighted by Gasteiger charge is -2.12. The molecule has 84 valence electrons. The molecule has 0 aromatic heterocycles. The fraction of sp³-hybridized carbons (Fsp3) is 0.455. The summed E-state index contributed by atoms with van der Waals surface area (Å²) in [5.41, 5.74) is 6.56. The Hall–Kier alpha value is -1.26. The van der Waals surface area contributed by atoms with Crippen LogP contribution < -0.4 is 15.2 Å². The first kappa shape index (κ1) is 11.8. The molecule has 0 bridgehead atoms. The van der Waals surface area contributed by atoms with Gasteiger partial charge < -0.3 is 19.9 Å². The summed E-state index contributed by atoms with van der Waals surface area (Å²) >= 11 is 0. The Morgan fingerprint density at radius 2 is 2.00 bits per heavy atom. The normalized spacial score (nSPS) is 10.1. The molecule has 0 aliphatic carbocycles. The van der Waals surface area contributed by atoms with Crippen LogP contribution >= 0.6 is 0 Å². The van der Waals surface area contributed by atoms with E-state index in [4.69, 9.17) is 19.9 Å². The number of ether oxygens (including phenoxy) is 3. The van der Waals surface area contributed by atoms with Crippen molar-refractivity contribution in [1.29, 1.82) is 0 Å². The lowest BCUT2D eigenvalue weighted by atomic mass is 10.2. The molecule has 0 atom stereocenters. The average Bonchev–Trinajstić information content (AvgIpc) is 2.27. The van der Waals surface area contributed by atoms with Gasteiger partial charge in [0.15, 0.2) is 18.3 Å². The summed E-state index contributed by atoms with van der Waals surface area (Å²) in [6.07, 6.45) is 0. The van der Waals surface area contributed by atoms with Crippen LogP contribution in [0.2, 0.25) is 0 Å². The first-order valence-corrected chi connectivity index (χ1v) is 4.89. The molecule has 4 heteroatoms. The molecule has 1 aromatic rings. The molecule has 0 radical (unpaired) electrons. The Kier molecular flexibility index (Phi) is 4.93. The third kappa shape index (κ3) is 3.42. The quantitative estimate of drug-likeness (QED) is 0.725. The third-order valence-corrected chi connectivity index (χ3v) is 1.88. The number of hydrogen-bond donors (Lipinski definition) is 1. The Bertz CT molecular complexity index is 302. The highest BCUT2D eigenvalue weighted by Crippen LogP contribution is 2.28. The minimum Gasteiger partial charge on any atom is -0.490 e. The molecule has 0 heterocycles. The van der Waals surface area contributed by atoms with Crippen LogP contribution in [-0.2, 0) is 11.3 Å². The molecular weight excluding hydrogens is 194 g/mol. The van der Waals surface area contributed by atoms with Gasteiger partial charge in [-0.25, -0.2) is 0 Å². The maximum atomic E-state index is 5.54. The van der Waals surface area contributed by atoms with E-state index in [0.717, 1.165) is 5.56 Å². The molecule has 1 aromatic carbocycles. The van der Waals surface area contributed by atoms with E-state index in [0.29, 0.717) is 24.7 Å². The number of nitrogens with two attached hydrogens (primary N) is 1. The summed E-state index contributed by atoms with van der Waals surface area (Å²) in [5, 5.41) is 0. The van der Waals surface area contributed by atoms with E-state index in [2.05, 4.69) is 0 Å². The van der Waals surface area contributed by atoms with Crippen LogP contribution in [0.3, 0.4) is 0 Å². The molecule has 0 aliphatic heterocycles. The SMILES string of the molecule is CCOc1cc(CN)ccc1OCOC. The molecule has 0 saturated heterocycles. The van der Waals surface area contributed by atoms with Crippen molar-refractivity contribution in [3.63, 3.8) is 0 Å². The second-order valence-electron chi connectivity index (χ2n) is 2.97. The summed E-state index contributed by atoms with van der Waals surface area (Å²) in [6.45, 7) is 3.22. The van der Waals surface area contributed by atoms with Crippen molar-refractivity contribution >= 4 is 0 Å². The van der Waals surface area contributed by atoms with E-state index in [1.165, 1.54) is 0 Å². The standard InChI is InChI=1S/C11H17NO3/c1-3-14-11-6-9(7-12)4-5-10(11)15-8-13-2/h4-6H,3,7-8,12H2,1-2H3. The zero-order valence-electron chi connectivity index (χ0n) is 9.16. The molecule has 0 unspecified atom stereocenters. The lowest BCUT2D eigenvalue weighted by molar-refractivity contribution is 0.0487. The van der Waals surface area contributed by atoms with Gasteiger partial charge in [0.05, 0.1) is 6.61 Å². The lowest BCUT2D eigenvalue weighted by Crippen LogP contribution is -2.03. The molecule has 0 saturated carbocycles. The van der Waals surface area contributed by atoms with Crippen LogP contribution in [-0.4, -0.2) is 20.5 Å². The van der Waals surface area contributed by atoms with Gasteiger partial charge >= 0.3 is 0 Å². The fourth-order valence-corrected chi connectivity index (χ4v) is 1.19. The summed E-state index contributed by atoms with van der Waals surface area (Å²) in [6, 6.07) is 5.63. The highest BCUT2D eigenvalue weighted by Gasteiger charge is 2.05. The number of hydrogen-bond acceptors (Lipinski definition) is 4. The molecule has 15 heavy (non-hydrogen) atoms. The first-order valence-electron chi connectivity index (χ1n) is 4.89. The van der Waals surface area contributed by atoms with Gasteiger partial charge in [-0.3, -0.25) is 0 Å². The van der Waals surface area contributed by atoms with Crippen molar-refractivity contribution in [2.45, 2.75) is 13.5 Å². The highest BCUT2D eigenvalue weighted by molar-refractivity contribution is 5.42. The van der Waals surface area contributed by atoms with E-state index in [1.807, 2.05) is 25.1 Å². The molecule has 0 aliphatic rings. The van der Waals surface area contributed by atoms with Gasteiger partial charge in [0.25, 0.3) is 0 Å². The van der Waals surface area contributed by atoms with Crippen molar-refractivity contribution < 1.29 is 14.2 Å². The summed E-state index contributed by atoms with van der Waals surface area (Å²) < 4.78 is 15.6. The van der Waals surface area contributed by atoms with Crippen LogP contribution in [0, 0.1) is 0 Å². The molecule has 1 rings (SSSR count). The van der Waals surface area contributed by atoms with Gasteiger partial charge in [-0.2, -0.15) is 0 Å². The van der Waals surface area contributed by atoms with Gasteiger partial charge in [-0.15, -0.1) is 0 Å². The zero-order valence-corrected chi connectivity index (χ0v) is 9.16. The zero-order chi connectivity index (χ0) is 11.1. The monoisotopic (exact) mass is 211 g/mol. The van der Waals surface area contributed by atoms with Crippen molar-refractivity contribution in [1.82, 2.24) is 0 Å². The Morgan fingerprint density at radius 1 is 1.20 bits per heavy atom. The second kappa shape index (κ2) is 6.27. The van der Waals surface area contributed by atoms with Crippen molar-refractivity contribution in [2.24, 2.45) is 5.73 Å². The van der Waals surface area contributed by atoms with E-state index in [9.17, 15) is 0 Å². The van der Waals surface area contributed by atoms with Crippen LogP contribution in [0.1, 0.15) is 12.5 Å². The van der Waals surface area contributed by atoms with Crippen LogP contribution in [0.5, 0.6) is 11.5 Å². The topological polar surface area (TPSA) is 53.7 Å². The molecule has 0 spiro atoms. The number of rotatable bonds is 6. The Morgan fingerprint density at radius 3 is 2.60 bits per heavy atom. The Labute approximate surface area is 89.9 Å². The van der Waals surface area contributed by atoms with Gasteiger partial charge in [0, 0.05) is 13.7 Å². The second-order valence-corrected chi connectivity index (χ2v) is 2.97. The summed E-state index contributed by atoms with van der Waals surface area (Å²) in [7, 11) is 1.58. The van der Waals surface area contributed by atoms with Crippen molar-refractivity contribution in [3.05, 3.63) is 23.8 Å². The first-order chi connectivity index (χ1) is 7.31. The van der Waals surface area contributed by atoms with Crippen LogP contribution in [0.4, 0.5) is 0 Å². The predicted molar refractivity (Wildman–Crippen MR) is 58.0 cm³/mol. The largest absolute Gasteiger partial charge is 0.490 e. The number of methoxy groups -OCH3 is 1. The van der Waals surface area contributed by atoms with E-state index in [1.54, 1.807) is 7.11 Å². The predicted octanol–water partition coefficient (Wildman–Crippen LogP) is 1.53. The van der Waals surface area contributed by atoms with Crippen LogP contribution in [0.15, 0.2) is 18.2 Å². The fourth-order valence-electron chi connectivity index (χ4n) is 1.19.